The quantitative estimate of drug-likeness (QED) is 0.457. The first kappa shape index (κ1) is 20.5. The zero-order valence-electron chi connectivity index (χ0n) is 16.4. The summed E-state index contributed by atoms with van der Waals surface area (Å²) in [4.78, 5) is 16.5. The fourth-order valence-corrected chi connectivity index (χ4v) is 4.00. The molecule has 0 radical (unpaired) electrons. The Morgan fingerprint density at radius 2 is 1.71 bits per heavy atom. The summed E-state index contributed by atoms with van der Waals surface area (Å²) < 4.78 is 33.1. The van der Waals surface area contributed by atoms with E-state index in [1.165, 1.54) is 18.5 Å². The Balaban J connectivity index is 1.45. The first-order chi connectivity index (χ1) is 15.0. The van der Waals surface area contributed by atoms with E-state index in [1.807, 2.05) is 30.3 Å². The van der Waals surface area contributed by atoms with E-state index in [2.05, 4.69) is 15.0 Å². The van der Waals surface area contributed by atoms with Crippen LogP contribution in [0.3, 0.4) is 0 Å². The predicted octanol–water partition coefficient (Wildman–Crippen LogP) is 4.07. The van der Waals surface area contributed by atoms with Gasteiger partial charge in [-0.25, -0.2) is 18.1 Å². The van der Waals surface area contributed by atoms with Gasteiger partial charge in [0.15, 0.2) is 12.2 Å². The zero-order valence-corrected chi connectivity index (χ0v) is 17.2. The van der Waals surface area contributed by atoms with Gasteiger partial charge in [0.05, 0.1) is 11.1 Å². The average Bonchev–Trinajstić information content (AvgIpc) is 3.34. The zero-order chi connectivity index (χ0) is 21.7. The summed E-state index contributed by atoms with van der Waals surface area (Å²) in [5, 5.41) is 2.77. The molecule has 3 aromatic carbocycles. The summed E-state index contributed by atoms with van der Waals surface area (Å²) in [7, 11) is -3.76. The van der Waals surface area contributed by atoms with Crippen molar-refractivity contribution in [3.8, 4) is 11.3 Å². The van der Waals surface area contributed by atoms with Crippen molar-refractivity contribution in [3.05, 3.63) is 103 Å². The third kappa shape index (κ3) is 5.06. The first-order valence-electron chi connectivity index (χ1n) is 9.45. The minimum atomic E-state index is -3.76. The Bertz CT molecular complexity index is 1270. The van der Waals surface area contributed by atoms with Gasteiger partial charge < -0.3 is 9.73 Å². The largest absolute Gasteiger partial charge is 0.444 e. The molecule has 0 unspecified atom stereocenters. The Labute approximate surface area is 179 Å². The number of carbonyl (C=O) groups is 1. The average molecular weight is 433 g/mol. The van der Waals surface area contributed by atoms with Gasteiger partial charge in [-0.3, -0.25) is 4.79 Å². The van der Waals surface area contributed by atoms with Gasteiger partial charge in [0.25, 0.3) is 5.91 Å². The smallest absolute Gasteiger partial charge is 0.255 e. The highest BCUT2D eigenvalue weighted by molar-refractivity contribution is 7.89. The molecule has 0 bridgehead atoms. The highest BCUT2D eigenvalue weighted by atomic mass is 32.2. The Morgan fingerprint density at radius 3 is 2.42 bits per heavy atom. The summed E-state index contributed by atoms with van der Waals surface area (Å²) in [5.41, 5.74) is 2.48. The molecular formula is C23H19N3O4S. The number of hydrogen-bond acceptors (Lipinski definition) is 5. The van der Waals surface area contributed by atoms with Crippen LogP contribution in [0.15, 0.2) is 101 Å². The maximum atomic E-state index is 12.6. The molecule has 0 aliphatic heterocycles. The number of nitrogens with one attached hydrogen (secondary N) is 2. The number of rotatable bonds is 7. The standard InChI is InChI=1S/C23H19N3O4S/c27-23(26-20-11-9-18(10-12-20)22-15-24-16-30-22)19-7-4-8-21(13-19)31(28,29)25-14-17-5-2-1-3-6-17/h1-13,15-16,25H,14H2,(H,26,27). The number of benzene rings is 3. The summed E-state index contributed by atoms with van der Waals surface area (Å²) >= 11 is 0. The molecule has 0 atom stereocenters. The first-order valence-corrected chi connectivity index (χ1v) is 10.9. The third-order valence-corrected chi connectivity index (χ3v) is 5.97. The Kier molecular flexibility index (Phi) is 5.92. The van der Waals surface area contributed by atoms with E-state index < -0.39 is 15.9 Å². The van der Waals surface area contributed by atoms with Crippen LogP contribution in [0, 0.1) is 0 Å². The molecule has 1 aromatic heterocycles. The molecule has 4 rings (SSSR count). The van der Waals surface area contributed by atoms with E-state index in [-0.39, 0.29) is 17.0 Å². The van der Waals surface area contributed by atoms with Crippen molar-refractivity contribution in [3.63, 3.8) is 0 Å². The van der Waals surface area contributed by atoms with E-state index in [4.69, 9.17) is 4.42 Å². The molecule has 0 spiro atoms. The second-order valence-corrected chi connectivity index (χ2v) is 8.50. The molecule has 4 aromatic rings. The molecule has 8 heteroatoms. The van der Waals surface area contributed by atoms with Crippen molar-refractivity contribution in [2.24, 2.45) is 0 Å². The van der Waals surface area contributed by atoms with Crippen LogP contribution in [0.25, 0.3) is 11.3 Å². The van der Waals surface area contributed by atoms with Crippen LogP contribution in [0.2, 0.25) is 0 Å². The highest BCUT2D eigenvalue weighted by Crippen LogP contribution is 2.21. The molecule has 0 aliphatic carbocycles. The number of hydrogen-bond donors (Lipinski definition) is 2. The van der Waals surface area contributed by atoms with Crippen LogP contribution in [-0.2, 0) is 16.6 Å². The fraction of sp³-hybridized carbons (Fsp3) is 0.0435. The normalized spacial score (nSPS) is 11.2. The van der Waals surface area contributed by atoms with Crippen LogP contribution in [0.5, 0.6) is 0 Å². The van der Waals surface area contributed by atoms with E-state index in [0.29, 0.717) is 11.4 Å². The van der Waals surface area contributed by atoms with E-state index in [1.54, 1.807) is 42.6 Å². The number of oxazole rings is 1. The van der Waals surface area contributed by atoms with Crippen molar-refractivity contribution in [2.45, 2.75) is 11.4 Å². The number of aromatic nitrogens is 1. The minimum absolute atomic E-state index is 0.0248. The fourth-order valence-electron chi connectivity index (χ4n) is 2.94. The molecule has 1 amide bonds. The van der Waals surface area contributed by atoms with Crippen molar-refractivity contribution in [2.75, 3.05) is 5.32 Å². The number of carbonyl (C=O) groups excluding carboxylic acids is 1. The van der Waals surface area contributed by atoms with E-state index in [0.717, 1.165) is 11.1 Å². The Morgan fingerprint density at radius 1 is 0.935 bits per heavy atom. The lowest BCUT2D eigenvalue weighted by molar-refractivity contribution is 0.102. The summed E-state index contributed by atoms with van der Waals surface area (Å²) in [6, 6.07) is 22.2. The molecule has 7 nitrogen and oxygen atoms in total. The summed E-state index contributed by atoms with van der Waals surface area (Å²) in [6.45, 7) is 0.164. The van der Waals surface area contributed by atoms with Gasteiger partial charge in [-0.15, -0.1) is 0 Å². The lowest BCUT2D eigenvalue weighted by Gasteiger charge is -2.09. The molecule has 0 fully saturated rings. The van der Waals surface area contributed by atoms with Gasteiger partial charge in [0.1, 0.15) is 0 Å². The second-order valence-electron chi connectivity index (χ2n) is 6.74. The van der Waals surface area contributed by atoms with Gasteiger partial charge in [-0.2, -0.15) is 0 Å². The summed E-state index contributed by atoms with van der Waals surface area (Å²) in [5.74, 6) is 0.214. The lowest BCUT2D eigenvalue weighted by Crippen LogP contribution is -2.23. The number of amides is 1. The third-order valence-electron chi connectivity index (χ3n) is 4.58. The SMILES string of the molecule is O=C(Nc1ccc(-c2cnco2)cc1)c1cccc(S(=O)(=O)NCc2ccccc2)c1. The monoisotopic (exact) mass is 433 g/mol. The maximum absolute atomic E-state index is 12.6. The molecule has 1 heterocycles. The van der Waals surface area contributed by atoms with Crippen LogP contribution in [-0.4, -0.2) is 19.3 Å². The molecule has 2 N–H and O–H groups in total. The van der Waals surface area contributed by atoms with Gasteiger partial charge in [0.2, 0.25) is 10.0 Å². The van der Waals surface area contributed by atoms with E-state index in [9.17, 15) is 13.2 Å². The maximum Gasteiger partial charge on any atom is 0.255 e. The number of nitrogens with zero attached hydrogens (tertiary/aromatic N) is 1. The van der Waals surface area contributed by atoms with Crippen LogP contribution in [0.1, 0.15) is 15.9 Å². The van der Waals surface area contributed by atoms with Crippen molar-refractivity contribution < 1.29 is 17.6 Å². The summed E-state index contributed by atoms with van der Waals surface area (Å²) in [6.07, 6.45) is 2.95. The number of sulfonamides is 1. The van der Waals surface area contributed by atoms with Crippen molar-refractivity contribution >= 4 is 21.6 Å². The molecule has 0 aliphatic rings. The van der Waals surface area contributed by atoms with Gasteiger partial charge in [-0.1, -0.05) is 36.4 Å². The van der Waals surface area contributed by atoms with Gasteiger partial charge in [0, 0.05) is 23.4 Å². The van der Waals surface area contributed by atoms with Gasteiger partial charge >= 0.3 is 0 Å². The van der Waals surface area contributed by atoms with Crippen molar-refractivity contribution in [1.82, 2.24) is 9.71 Å². The number of anilines is 1. The molecule has 156 valence electrons. The van der Waals surface area contributed by atoms with Crippen molar-refractivity contribution in [1.29, 1.82) is 0 Å². The van der Waals surface area contributed by atoms with Crippen LogP contribution >= 0.6 is 0 Å². The second kappa shape index (κ2) is 8.95. The van der Waals surface area contributed by atoms with E-state index >= 15 is 0 Å². The van der Waals surface area contributed by atoms with Crippen LogP contribution < -0.4 is 10.0 Å². The topological polar surface area (TPSA) is 101 Å². The molecule has 31 heavy (non-hydrogen) atoms. The highest BCUT2D eigenvalue weighted by Gasteiger charge is 2.16. The molecule has 0 saturated carbocycles. The Hall–Kier alpha value is -3.75. The van der Waals surface area contributed by atoms with Gasteiger partial charge in [-0.05, 0) is 48.0 Å². The lowest BCUT2D eigenvalue weighted by atomic mass is 10.1. The molecular weight excluding hydrogens is 414 g/mol. The predicted molar refractivity (Wildman–Crippen MR) is 117 cm³/mol. The molecule has 0 saturated heterocycles. The van der Waals surface area contributed by atoms with Crippen LogP contribution in [0.4, 0.5) is 5.69 Å². The minimum Gasteiger partial charge on any atom is -0.444 e.